The number of aromatic nitrogens is 2. The summed E-state index contributed by atoms with van der Waals surface area (Å²) in [5.74, 6) is 6.47. The molecule has 0 saturated carbocycles. The molecule has 5 N–H and O–H groups in total. The lowest BCUT2D eigenvalue weighted by Crippen LogP contribution is -2.37. The van der Waals surface area contributed by atoms with Gasteiger partial charge >= 0.3 is 0 Å². The zero-order valence-electron chi connectivity index (χ0n) is 11.4. The van der Waals surface area contributed by atoms with E-state index in [4.69, 9.17) is 16.3 Å². The van der Waals surface area contributed by atoms with E-state index in [9.17, 15) is 4.79 Å². The fourth-order valence-corrected chi connectivity index (χ4v) is 1.74. The summed E-state index contributed by atoms with van der Waals surface area (Å²) in [5.41, 5.74) is 7.69. The number of nitrogens with one attached hydrogen (secondary N) is 1. The molecule has 0 spiro atoms. The Balaban J connectivity index is 3.16. The van der Waals surface area contributed by atoms with E-state index >= 15 is 0 Å². The van der Waals surface area contributed by atoms with Crippen molar-refractivity contribution in [1.82, 2.24) is 9.97 Å². The number of nitrogens with two attached hydrogens (primary N) is 2. The SMILES string of the molecule is COc1c(NN)ncnc1N(CC(N)=O)CC(C)C. The van der Waals surface area contributed by atoms with E-state index in [0.29, 0.717) is 29.8 Å². The van der Waals surface area contributed by atoms with Gasteiger partial charge in [-0.1, -0.05) is 13.8 Å². The maximum atomic E-state index is 11.2. The van der Waals surface area contributed by atoms with E-state index in [2.05, 4.69) is 15.4 Å². The molecular formula is C11H20N6O2. The van der Waals surface area contributed by atoms with Gasteiger partial charge in [-0.25, -0.2) is 15.8 Å². The average Bonchev–Trinajstić information content (AvgIpc) is 2.35. The predicted molar refractivity (Wildman–Crippen MR) is 72.6 cm³/mol. The van der Waals surface area contributed by atoms with E-state index in [0.717, 1.165) is 0 Å². The Morgan fingerprint density at radius 2 is 2.21 bits per heavy atom. The van der Waals surface area contributed by atoms with Crippen molar-refractivity contribution >= 4 is 17.5 Å². The van der Waals surface area contributed by atoms with Crippen LogP contribution in [-0.2, 0) is 4.79 Å². The number of hydrogen-bond acceptors (Lipinski definition) is 7. The maximum absolute atomic E-state index is 11.2. The molecule has 0 bridgehead atoms. The molecular weight excluding hydrogens is 248 g/mol. The molecule has 1 rings (SSSR count). The highest BCUT2D eigenvalue weighted by Crippen LogP contribution is 2.31. The van der Waals surface area contributed by atoms with Gasteiger partial charge < -0.3 is 20.8 Å². The summed E-state index contributed by atoms with van der Waals surface area (Å²) < 4.78 is 5.25. The van der Waals surface area contributed by atoms with Gasteiger partial charge in [-0.05, 0) is 5.92 Å². The fraction of sp³-hybridized carbons (Fsp3) is 0.545. The van der Waals surface area contributed by atoms with Crippen molar-refractivity contribution in [2.75, 3.05) is 30.5 Å². The zero-order valence-corrected chi connectivity index (χ0v) is 11.4. The van der Waals surface area contributed by atoms with Crippen LogP contribution in [0.3, 0.4) is 0 Å². The van der Waals surface area contributed by atoms with Gasteiger partial charge in [0, 0.05) is 6.54 Å². The summed E-state index contributed by atoms with van der Waals surface area (Å²) in [6.45, 7) is 4.73. The number of nitrogens with zero attached hydrogens (tertiary/aromatic N) is 3. The van der Waals surface area contributed by atoms with Crippen molar-refractivity contribution < 1.29 is 9.53 Å². The predicted octanol–water partition coefficient (Wildman–Crippen LogP) is -0.282. The first-order chi connectivity index (χ1) is 8.99. The molecule has 8 heteroatoms. The number of carbonyl (C=O) groups excluding carboxylic acids is 1. The number of rotatable bonds is 7. The first-order valence-corrected chi connectivity index (χ1v) is 5.88. The van der Waals surface area contributed by atoms with Gasteiger partial charge in [0.1, 0.15) is 6.33 Å². The Kier molecular flexibility index (Phi) is 5.31. The molecule has 0 aliphatic rings. The Bertz CT molecular complexity index is 437. The highest BCUT2D eigenvalue weighted by molar-refractivity contribution is 5.80. The molecule has 0 unspecified atom stereocenters. The summed E-state index contributed by atoms with van der Waals surface area (Å²) in [6, 6.07) is 0. The Morgan fingerprint density at radius 3 is 2.68 bits per heavy atom. The minimum Gasteiger partial charge on any atom is -0.490 e. The molecule has 0 fully saturated rings. The van der Waals surface area contributed by atoms with Gasteiger partial charge in [-0.2, -0.15) is 0 Å². The number of anilines is 2. The van der Waals surface area contributed by atoms with Crippen LogP contribution in [0.2, 0.25) is 0 Å². The monoisotopic (exact) mass is 268 g/mol. The molecule has 1 aromatic rings. The van der Waals surface area contributed by atoms with Crippen molar-refractivity contribution in [3.8, 4) is 5.75 Å². The first-order valence-electron chi connectivity index (χ1n) is 5.88. The lowest BCUT2D eigenvalue weighted by atomic mass is 10.2. The summed E-state index contributed by atoms with van der Waals surface area (Å²) >= 11 is 0. The van der Waals surface area contributed by atoms with Gasteiger partial charge in [-0.15, -0.1) is 0 Å². The van der Waals surface area contributed by atoms with Gasteiger partial charge in [0.05, 0.1) is 13.7 Å². The topological polar surface area (TPSA) is 119 Å². The van der Waals surface area contributed by atoms with Crippen molar-refractivity contribution in [2.24, 2.45) is 17.5 Å². The van der Waals surface area contributed by atoms with Gasteiger partial charge in [0.15, 0.2) is 11.6 Å². The molecule has 106 valence electrons. The van der Waals surface area contributed by atoms with E-state index in [1.54, 1.807) is 4.90 Å². The summed E-state index contributed by atoms with van der Waals surface area (Å²) in [6.07, 6.45) is 1.35. The molecule has 0 saturated heterocycles. The number of hydrazine groups is 1. The largest absolute Gasteiger partial charge is 0.490 e. The molecule has 8 nitrogen and oxygen atoms in total. The average molecular weight is 268 g/mol. The highest BCUT2D eigenvalue weighted by Gasteiger charge is 2.20. The van der Waals surface area contributed by atoms with Crippen molar-refractivity contribution in [3.63, 3.8) is 0 Å². The number of nitrogen functional groups attached to an aromatic ring is 1. The van der Waals surface area contributed by atoms with Gasteiger partial charge in [0.25, 0.3) is 0 Å². The number of primary amides is 1. The van der Waals surface area contributed by atoms with E-state index < -0.39 is 5.91 Å². The third-order valence-corrected chi connectivity index (χ3v) is 2.36. The molecule has 0 radical (unpaired) electrons. The number of methoxy groups -OCH3 is 1. The van der Waals surface area contributed by atoms with Crippen LogP contribution in [0.4, 0.5) is 11.6 Å². The molecule has 0 aromatic carbocycles. The molecule has 0 atom stereocenters. The smallest absolute Gasteiger partial charge is 0.237 e. The van der Waals surface area contributed by atoms with E-state index in [-0.39, 0.29) is 6.54 Å². The van der Waals surface area contributed by atoms with Crippen LogP contribution in [0.5, 0.6) is 5.75 Å². The van der Waals surface area contributed by atoms with Crippen molar-refractivity contribution in [3.05, 3.63) is 6.33 Å². The van der Waals surface area contributed by atoms with Crippen LogP contribution in [-0.4, -0.2) is 36.1 Å². The van der Waals surface area contributed by atoms with Crippen LogP contribution >= 0.6 is 0 Å². The number of carbonyl (C=O) groups is 1. The third kappa shape index (κ3) is 3.95. The van der Waals surface area contributed by atoms with E-state index in [1.807, 2.05) is 13.8 Å². The third-order valence-electron chi connectivity index (χ3n) is 2.36. The lowest BCUT2D eigenvalue weighted by Gasteiger charge is -2.26. The first kappa shape index (κ1) is 15.0. The van der Waals surface area contributed by atoms with Crippen LogP contribution in [0.15, 0.2) is 6.33 Å². The van der Waals surface area contributed by atoms with Crippen LogP contribution in [0, 0.1) is 5.92 Å². The summed E-state index contributed by atoms with van der Waals surface area (Å²) in [7, 11) is 1.49. The minimum atomic E-state index is -0.441. The minimum absolute atomic E-state index is 0.0512. The zero-order chi connectivity index (χ0) is 14.4. The second-order valence-electron chi connectivity index (χ2n) is 4.46. The Hall–Kier alpha value is -2.09. The van der Waals surface area contributed by atoms with Crippen molar-refractivity contribution in [1.29, 1.82) is 0 Å². The molecule has 1 aromatic heterocycles. The molecule has 1 heterocycles. The molecule has 1 amide bonds. The standard InChI is InChI=1S/C11H20N6O2/c1-7(2)4-17(5-8(12)18)11-9(19-3)10(16-13)14-6-15-11/h6-7H,4-5,13H2,1-3H3,(H2,12,18)(H,14,15,16). The molecule has 0 aliphatic carbocycles. The Morgan fingerprint density at radius 1 is 1.53 bits per heavy atom. The number of ether oxygens (including phenoxy) is 1. The molecule has 19 heavy (non-hydrogen) atoms. The van der Waals surface area contributed by atoms with Crippen LogP contribution in [0.25, 0.3) is 0 Å². The number of hydrogen-bond donors (Lipinski definition) is 3. The summed E-state index contributed by atoms with van der Waals surface area (Å²) in [4.78, 5) is 21.0. The van der Waals surface area contributed by atoms with Gasteiger partial charge in [-0.3, -0.25) is 4.79 Å². The van der Waals surface area contributed by atoms with Crippen LogP contribution in [0.1, 0.15) is 13.8 Å². The van der Waals surface area contributed by atoms with Gasteiger partial charge in [0.2, 0.25) is 11.7 Å². The fourth-order valence-electron chi connectivity index (χ4n) is 1.74. The number of amides is 1. The van der Waals surface area contributed by atoms with Crippen LogP contribution < -0.4 is 26.6 Å². The lowest BCUT2D eigenvalue weighted by molar-refractivity contribution is -0.116. The Labute approximate surface area is 112 Å². The van der Waals surface area contributed by atoms with Crippen molar-refractivity contribution in [2.45, 2.75) is 13.8 Å². The molecule has 0 aliphatic heterocycles. The highest BCUT2D eigenvalue weighted by atomic mass is 16.5. The maximum Gasteiger partial charge on any atom is 0.237 e. The normalized spacial score (nSPS) is 10.4. The quantitative estimate of drug-likeness (QED) is 0.459. The summed E-state index contributed by atoms with van der Waals surface area (Å²) in [5, 5.41) is 0. The second kappa shape index (κ2) is 6.74. The second-order valence-corrected chi connectivity index (χ2v) is 4.46. The van der Waals surface area contributed by atoms with E-state index in [1.165, 1.54) is 13.4 Å².